The molecular formula is C17H18O3. The molecule has 2 aromatic carbocycles. The molecule has 20 heavy (non-hydrogen) atoms. The third kappa shape index (κ3) is 2.99. The summed E-state index contributed by atoms with van der Waals surface area (Å²) >= 11 is 0. The Bertz CT molecular complexity index is 618. The minimum atomic E-state index is 0.534. The highest BCUT2D eigenvalue weighted by Gasteiger charge is 2.09. The van der Waals surface area contributed by atoms with Gasteiger partial charge in [0, 0.05) is 0 Å². The van der Waals surface area contributed by atoms with Crippen molar-refractivity contribution in [3.63, 3.8) is 0 Å². The number of benzene rings is 2. The summed E-state index contributed by atoms with van der Waals surface area (Å²) in [5, 5.41) is 0. The summed E-state index contributed by atoms with van der Waals surface area (Å²) in [5.41, 5.74) is 2.73. The zero-order valence-corrected chi connectivity index (χ0v) is 12.0. The van der Waals surface area contributed by atoms with Gasteiger partial charge in [-0.05, 0) is 43.2 Å². The van der Waals surface area contributed by atoms with Crippen molar-refractivity contribution in [1.82, 2.24) is 0 Å². The first-order chi connectivity index (χ1) is 9.67. The van der Waals surface area contributed by atoms with Crippen molar-refractivity contribution in [2.75, 3.05) is 7.11 Å². The van der Waals surface area contributed by atoms with Crippen molar-refractivity contribution in [2.24, 2.45) is 0 Å². The van der Waals surface area contributed by atoms with Crippen molar-refractivity contribution < 1.29 is 14.3 Å². The van der Waals surface area contributed by atoms with E-state index < -0.39 is 0 Å². The number of carbonyl (C=O) groups is 1. The third-order valence-corrected chi connectivity index (χ3v) is 3.15. The lowest BCUT2D eigenvalue weighted by Crippen LogP contribution is -1.95. The molecule has 0 aliphatic carbocycles. The van der Waals surface area contributed by atoms with Crippen LogP contribution in [-0.4, -0.2) is 13.4 Å². The zero-order chi connectivity index (χ0) is 14.5. The van der Waals surface area contributed by atoms with Crippen LogP contribution in [0.15, 0.2) is 36.4 Å². The van der Waals surface area contributed by atoms with Crippen LogP contribution >= 0.6 is 0 Å². The Kier molecular flexibility index (Phi) is 4.41. The second kappa shape index (κ2) is 6.24. The summed E-state index contributed by atoms with van der Waals surface area (Å²) in [6.07, 6.45) is 1.73. The molecule has 0 saturated carbocycles. The Morgan fingerprint density at radius 2 is 1.80 bits per heavy atom. The number of hydrogen-bond donors (Lipinski definition) is 0. The van der Waals surface area contributed by atoms with Crippen LogP contribution in [0.3, 0.4) is 0 Å². The monoisotopic (exact) mass is 270 g/mol. The van der Waals surface area contributed by atoms with Crippen LogP contribution in [0.25, 0.3) is 0 Å². The number of rotatable bonds is 5. The molecule has 0 unspecified atom stereocenters. The van der Waals surface area contributed by atoms with E-state index in [-0.39, 0.29) is 0 Å². The molecule has 0 spiro atoms. The maximum absolute atomic E-state index is 11.1. The lowest BCUT2D eigenvalue weighted by Gasteiger charge is -2.13. The number of methoxy groups -OCH3 is 1. The van der Waals surface area contributed by atoms with Gasteiger partial charge in [0.2, 0.25) is 0 Å². The molecule has 0 atom stereocenters. The van der Waals surface area contributed by atoms with Crippen LogP contribution in [0.1, 0.15) is 28.4 Å². The fraction of sp³-hybridized carbons (Fsp3) is 0.235. The molecule has 0 aliphatic heterocycles. The smallest absolute Gasteiger partial charge is 0.169 e. The number of carbonyl (C=O) groups excluding carboxylic acids is 1. The molecule has 0 amide bonds. The minimum absolute atomic E-state index is 0.534. The van der Waals surface area contributed by atoms with E-state index in [9.17, 15) is 4.79 Å². The van der Waals surface area contributed by atoms with Crippen LogP contribution in [-0.2, 0) is 6.42 Å². The van der Waals surface area contributed by atoms with Gasteiger partial charge in [-0.25, -0.2) is 0 Å². The van der Waals surface area contributed by atoms with Crippen LogP contribution < -0.4 is 9.47 Å². The second-order valence-electron chi connectivity index (χ2n) is 4.60. The highest BCUT2D eigenvalue weighted by atomic mass is 16.5. The SMILES string of the molecule is CCc1ccc(Oc2ccc(C)cc2C=O)c(OC)c1. The van der Waals surface area contributed by atoms with Gasteiger partial charge < -0.3 is 9.47 Å². The topological polar surface area (TPSA) is 35.5 Å². The van der Waals surface area contributed by atoms with Gasteiger partial charge in [0.05, 0.1) is 12.7 Å². The molecule has 0 fully saturated rings. The van der Waals surface area contributed by atoms with Gasteiger partial charge in [-0.3, -0.25) is 4.79 Å². The molecule has 3 heteroatoms. The summed E-state index contributed by atoms with van der Waals surface area (Å²) in [6, 6.07) is 11.3. The zero-order valence-electron chi connectivity index (χ0n) is 12.0. The molecule has 2 rings (SSSR count). The van der Waals surface area contributed by atoms with Gasteiger partial charge in [-0.2, -0.15) is 0 Å². The molecule has 104 valence electrons. The van der Waals surface area contributed by atoms with Gasteiger partial charge in [-0.1, -0.05) is 24.6 Å². The first kappa shape index (κ1) is 14.1. The van der Waals surface area contributed by atoms with Crippen molar-refractivity contribution in [3.05, 3.63) is 53.1 Å². The van der Waals surface area contributed by atoms with Crippen LogP contribution in [0, 0.1) is 6.92 Å². The van der Waals surface area contributed by atoms with Gasteiger partial charge in [0.25, 0.3) is 0 Å². The van der Waals surface area contributed by atoms with E-state index >= 15 is 0 Å². The van der Waals surface area contributed by atoms with Crippen LogP contribution in [0.2, 0.25) is 0 Å². The highest BCUT2D eigenvalue weighted by molar-refractivity contribution is 5.80. The molecule has 3 nitrogen and oxygen atoms in total. The summed E-state index contributed by atoms with van der Waals surface area (Å²) in [4.78, 5) is 11.1. The molecule has 0 heterocycles. The lowest BCUT2D eigenvalue weighted by atomic mass is 10.1. The molecule has 0 aromatic heterocycles. The van der Waals surface area contributed by atoms with Gasteiger partial charge in [-0.15, -0.1) is 0 Å². The molecule has 0 saturated heterocycles. The molecular weight excluding hydrogens is 252 g/mol. The molecule has 0 radical (unpaired) electrons. The average Bonchev–Trinajstić information content (AvgIpc) is 2.49. The Balaban J connectivity index is 2.37. The maximum atomic E-state index is 11.1. The number of ether oxygens (including phenoxy) is 2. The second-order valence-corrected chi connectivity index (χ2v) is 4.60. The fourth-order valence-corrected chi connectivity index (χ4v) is 1.99. The van der Waals surface area contributed by atoms with E-state index in [1.807, 2.05) is 31.2 Å². The van der Waals surface area contributed by atoms with E-state index in [0.29, 0.717) is 22.8 Å². The summed E-state index contributed by atoms with van der Waals surface area (Å²) in [5.74, 6) is 1.81. The van der Waals surface area contributed by atoms with E-state index in [1.54, 1.807) is 19.2 Å². The van der Waals surface area contributed by atoms with Crippen LogP contribution in [0.4, 0.5) is 0 Å². The minimum Gasteiger partial charge on any atom is -0.493 e. The summed E-state index contributed by atoms with van der Waals surface area (Å²) < 4.78 is 11.2. The Morgan fingerprint density at radius 1 is 1.05 bits per heavy atom. The van der Waals surface area contributed by atoms with E-state index in [2.05, 4.69) is 6.92 Å². The largest absolute Gasteiger partial charge is 0.493 e. The van der Waals surface area contributed by atoms with Gasteiger partial charge in [0.15, 0.2) is 17.8 Å². The van der Waals surface area contributed by atoms with Crippen molar-refractivity contribution in [2.45, 2.75) is 20.3 Å². The summed E-state index contributed by atoms with van der Waals surface area (Å²) in [7, 11) is 1.61. The quantitative estimate of drug-likeness (QED) is 0.765. The Morgan fingerprint density at radius 3 is 2.45 bits per heavy atom. The standard InChI is InChI=1S/C17H18O3/c1-4-13-6-8-16(17(10-13)19-3)20-15-7-5-12(2)9-14(15)11-18/h5-11H,4H2,1-3H3. The Labute approximate surface area is 119 Å². The molecule has 0 N–H and O–H groups in total. The van der Waals surface area contributed by atoms with E-state index in [4.69, 9.17) is 9.47 Å². The predicted octanol–water partition coefficient (Wildman–Crippen LogP) is 4.17. The lowest BCUT2D eigenvalue weighted by molar-refractivity contribution is 0.112. The average molecular weight is 270 g/mol. The third-order valence-electron chi connectivity index (χ3n) is 3.15. The van der Waals surface area contributed by atoms with E-state index in [0.717, 1.165) is 18.3 Å². The first-order valence-corrected chi connectivity index (χ1v) is 6.58. The molecule has 0 aliphatic rings. The van der Waals surface area contributed by atoms with Crippen molar-refractivity contribution in [1.29, 1.82) is 0 Å². The summed E-state index contributed by atoms with van der Waals surface area (Å²) in [6.45, 7) is 4.02. The highest BCUT2D eigenvalue weighted by Crippen LogP contribution is 2.33. The number of aldehydes is 1. The number of aryl methyl sites for hydroxylation is 2. The van der Waals surface area contributed by atoms with Crippen molar-refractivity contribution >= 4 is 6.29 Å². The molecule has 2 aromatic rings. The van der Waals surface area contributed by atoms with Crippen molar-refractivity contribution in [3.8, 4) is 17.2 Å². The van der Waals surface area contributed by atoms with E-state index in [1.165, 1.54) is 5.56 Å². The van der Waals surface area contributed by atoms with Gasteiger partial charge >= 0.3 is 0 Å². The molecule has 0 bridgehead atoms. The van der Waals surface area contributed by atoms with Crippen LogP contribution in [0.5, 0.6) is 17.2 Å². The maximum Gasteiger partial charge on any atom is 0.169 e. The number of hydrogen-bond acceptors (Lipinski definition) is 3. The normalized spacial score (nSPS) is 10.2. The first-order valence-electron chi connectivity index (χ1n) is 6.58. The fourth-order valence-electron chi connectivity index (χ4n) is 1.99. The van der Waals surface area contributed by atoms with Gasteiger partial charge in [0.1, 0.15) is 5.75 Å². The predicted molar refractivity (Wildman–Crippen MR) is 79.0 cm³/mol. The Hall–Kier alpha value is -2.29.